The average Bonchev–Trinajstić information content (AvgIpc) is 2.97. The minimum absolute atomic E-state index is 0.315. The van der Waals surface area contributed by atoms with Crippen LogP contribution in [0.5, 0.6) is 0 Å². The Kier molecular flexibility index (Phi) is 6.32. The van der Waals surface area contributed by atoms with Gasteiger partial charge < -0.3 is 14.4 Å². The van der Waals surface area contributed by atoms with Gasteiger partial charge in [-0.05, 0) is 43.4 Å². The summed E-state index contributed by atoms with van der Waals surface area (Å²) in [5.74, 6) is -0.901. The molecule has 0 spiro atoms. The second kappa shape index (κ2) is 8.89. The Bertz CT molecular complexity index is 864. The van der Waals surface area contributed by atoms with Crippen molar-refractivity contribution < 1.29 is 14.6 Å². The van der Waals surface area contributed by atoms with Gasteiger partial charge in [-0.3, -0.25) is 0 Å². The van der Waals surface area contributed by atoms with Gasteiger partial charge in [-0.15, -0.1) is 0 Å². The van der Waals surface area contributed by atoms with Gasteiger partial charge in [0.05, 0.1) is 23.6 Å². The molecule has 0 saturated carbocycles. The highest BCUT2D eigenvalue weighted by molar-refractivity contribution is 5.97. The molecule has 0 atom stereocenters. The summed E-state index contributed by atoms with van der Waals surface area (Å²) in [7, 11) is 0. The van der Waals surface area contributed by atoms with Gasteiger partial charge in [-0.2, -0.15) is 0 Å². The number of carboxylic acid groups (broad SMARTS) is 1. The molecule has 0 amide bonds. The molecule has 0 fully saturated rings. The van der Waals surface area contributed by atoms with Crippen LogP contribution in [0.15, 0.2) is 29.8 Å². The molecule has 0 bridgehead atoms. The van der Waals surface area contributed by atoms with Gasteiger partial charge in [-0.1, -0.05) is 38.8 Å². The molecule has 3 rings (SSSR count). The minimum atomic E-state index is -0.901. The van der Waals surface area contributed by atoms with E-state index in [0.717, 1.165) is 48.8 Å². The first-order chi connectivity index (χ1) is 13.1. The fraction of sp³-hybridized carbons (Fsp3) is 0.455. The zero-order valence-corrected chi connectivity index (χ0v) is 16.0. The van der Waals surface area contributed by atoms with E-state index in [4.69, 9.17) is 4.74 Å². The molecule has 1 aromatic carbocycles. The molecule has 2 heterocycles. The second-order valence-corrected chi connectivity index (χ2v) is 7.09. The topological polar surface area (TPSA) is 63.8 Å². The number of hydrogen-bond acceptors (Lipinski definition) is 3. The minimum Gasteiger partial charge on any atom is -0.483 e. The highest BCUT2D eigenvalue weighted by Crippen LogP contribution is 2.34. The van der Waals surface area contributed by atoms with Crippen LogP contribution in [-0.4, -0.2) is 28.7 Å². The van der Waals surface area contributed by atoms with Crippen molar-refractivity contribution in [3.05, 3.63) is 41.6 Å². The van der Waals surface area contributed by atoms with Crippen LogP contribution < -0.4 is 0 Å². The molecule has 1 aliphatic rings. The van der Waals surface area contributed by atoms with E-state index in [1.54, 1.807) is 12.1 Å². The Hall–Kier alpha value is -2.56. The number of fused-ring (bicyclic) bond motifs is 3. The van der Waals surface area contributed by atoms with Crippen LogP contribution in [0.3, 0.4) is 0 Å². The van der Waals surface area contributed by atoms with Crippen LogP contribution in [-0.2, 0) is 17.7 Å². The van der Waals surface area contributed by atoms with Gasteiger partial charge in [0, 0.05) is 17.4 Å². The van der Waals surface area contributed by atoms with Crippen LogP contribution in [0.4, 0.5) is 0 Å². The van der Waals surface area contributed by atoms with Crippen LogP contribution in [0.25, 0.3) is 16.6 Å². The lowest BCUT2D eigenvalue weighted by Crippen LogP contribution is -2.07. The summed E-state index contributed by atoms with van der Waals surface area (Å²) in [6.07, 6.45) is 9.05. The van der Waals surface area contributed by atoms with Crippen molar-refractivity contribution >= 4 is 29.0 Å². The number of aromatic nitrogens is 1. The fourth-order valence-corrected chi connectivity index (χ4v) is 3.77. The Morgan fingerprint density at radius 3 is 2.93 bits per heavy atom. The fourth-order valence-electron chi connectivity index (χ4n) is 3.77. The van der Waals surface area contributed by atoms with E-state index in [9.17, 15) is 9.90 Å². The molecular weight excluding hydrogens is 340 g/mol. The van der Waals surface area contributed by atoms with E-state index in [1.807, 2.05) is 6.07 Å². The molecule has 1 aliphatic heterocycles. The number of benzene rings is 1. The third-order valence-corrected chi connectivity index (χ3v) is 5.15. The second-order valence-electron chi connectivity index (χ2n) is 7.09. The summed E-state index contributed by atoms with van der Waals surface area (Å²) in [6.45, 7) is 7.82. The molecule has 5 heteroatoms. The number of carbonyl (C=O) groups is 1. The van der Waals surface area contributed by atoms with Crippen molar-refractivity contribution in [3.63, 3.8) is 0 Å². The highest BCUT2D eigenvalue weighted by Gasteiger charge is 2.20. The molecule has 2 aromatic rings. The maximum absolute atomic E-state index is 11.5. The zero-order valence-electron chi connectivity index (χ0n) is 16.0. The van der Waals surface area contributed by atoms with Crippen molar-refractivity contribution in [1.82, 2.24) is 4.57 Å². The van der Waals surface area contributed by atoms with E-state index >= 15 is 0 Å². The van der Waals surface area contributed by atoms with Crippen molar-refractivity contribution in [3.8, 4) is 0 Å². The number of aromatic carboxylic acids is 1. The van der Waals surface area contributed by atoms with Crippen molar-refractivity contribution in [2.45, 2.75) is 58.4 Å². The molecule has 0 unspecified atom stereocenters. The Morgan fingerprint density at radius 2 is 2.15 bits per heavy atom. The molecule has 1 aromatic heterocycles. The van der Waals surface area contributed by atoms with E-state index in [1.165, 1.54) is 31.2 Å². The molecule has 0 aliphatic carbocycles. The number of hydrogen-bond donors (Lipinski definition) is 1. The smallest absolute Gasteiger partial charge is 0.335 e. The quantitative estimate of drug-likeness (QED) is 0.706. The summed E-state index contributed by atoms with van der Waals surface area (Å²) in [4.78, 5) is 15.9. The number of carboxylic acids is 1. The zero-order chi connectivity index (χ0) is 19.2. The lowest BCUT2D eigenvalue weighted by atomic mass is 10.0. The monoisotopic (exact) mass is 368 g/mol. The largest absolute Gasteiger partial charge is 0.483 e. The molecule has 0 radical (unpaired) electrons. The molecule has 1 N–H and O–H groups in total. The number of unbranched alkanes of at least 4 members (excludes halogenated alkanes) is 3. The number of ether oxygens (including phenoxy) is 1. The predicted molar refractivity (Wildman–Crippen MR) is 109 cm³/mol. The summed E-state index contributed by atoms with van der Waals surface area (Å²) in [5, 5.41) is 10.5. The maximum atomic E-state index is 11.5. The van der Waals surface area contributed by atoms with Crippen LogP contribution in [0, 0.1) is 0 Å². The van der Waals surface area contributed by atoms with Gasteiger partial charge in [-0.25, -0.2) is 9.79 Å². The van der Waals surface area contributed by atoms with E-state index < -0.39 is 5.97 Å². The van der Waals surface area contributed by atoms with E-state index in [0.29, 0.717) is 17.9 Å². The number of nitrogens with zero attached hydrogens (tertiary/aromatic N) is 2. The lowest BCUT2D eigenvalue weighted by molar-refractivity contribution is 0.0697. The van der Waals surface area contributed by atoms with Gasteiger partial charge >= 0.3 is 5.97 Å². The third kappa shape index (κ3) is 4.24. The standard InChI is InChI=1S/C22H28N2O3/c1-3-4-5-6-9-19-18-11-10-17(22(25)26)14-20(18)24-12-7-8-13-27-15-23-16(2)21(19)24/h10-11,14-15H,2-9,12-13H2,1H3,(H,25,26). The number of rotatable bonds is 6. The van der Waals surface area contributed by atoms with Crippen molar-refractivity contribution in [2.24, 2.45) is 4.99 Å². The van der Waals surface area contributed by atoms with Gasteiger partial charge in [0.25, 0.3) is 0 Å². The summed E-state index contributed by atoms with van der Waals surface area (Å²) in [5.41, 5.74) is 4.20. The molecule has 144 valence electrons. The molecular formula is C22H28N2O3. The van der Waals surface area contributed by atoms with Gasteiger partial charge in [0.1, 0.15) is 0 Å². The van der Waals surface area contributed by atoms with Crippen LogP contribution in [0.2, 0.25) is 0 Å². The normalized spacial score (nSPS) is 14.8. The maximum Gasteiger partial charge on any atom is 0.335 e. The van der Waals surface area contributed by atoms with Crippen LogP contribution >= 0.6 is 0 Å². The molecule has 27 heavy (non-hydrogen) atoms. The SMILES string of the molecule is C=C1N=COCCCCn2c1c(CCCCCC)c1ccc(C(=O)O)cc12. The lowest BCUT2D eigenvalue weighted by Gasteiger charge is -2.14. The summed E-state index contributed by atoms with van der Waals surface area (Å²) < 4.78 is 7.64. The molecule has 5 nitrogen and oxygen atoms in total. The van der Waals surface area contributed by atoms with Gasteiger partial charge in [0.2, 0.25) is 0 Å². The third-order valence-electron chi connectivity index (χ3n) is 5.15. The van der Waals surface area contributed by atoms with Crippen molar-refractivity contribution in [1.29, 1.82) is 0 Å². The van der Waals surface area contributed by atoms with E-state index in [-0.39, 0.29) is 0 Å². The summed E-state index contributed by atoms with van der Waals surface area (Å²) >= 11 is 0. The highest BCUT2D eigenvalue weighted by atomic mass is 16.5. The number of aryl methyl sites for hydroxylation is 2. The number of aliphatic imine (C=N–C) groups is 1. The van der Waals surface area contributed by atoms with Gasteiger partial charge in [0.15, 0.2) is 6.40 Å². The predicted octanol–water partition coefficient (Wildman–Crippen LogP) is 5.27. The Morgan fingerprint density at radius 1 is 1.30 bits per heavy atom. The van der Waals surface area contributed by atoms with Crippen LogP contribution in [0.1, 0.15) is 67.1 Å². The molecule has 0 saturated heterocycles. The Balaban J connectivity index is 2.13. The van der Waals surface area contributed by atoms with E-state index in [2.05, 4.69) is 23.1 Å². The first kappa shape index (κ1) is 19.2. The summed E-state index contributed by atoms with van der Waals surface area (Å²) in [6, 6.07) is 5.43. The van der Waals surface area contributed by atoms with Crippen molar-refractivity contribution in [2.75, 3.05) is 6.61 Å². The first-order valence-electron chi connectivity index (χ1n) is 9.85. The average molecular weight is 368 g/mol. The Labute approximate surface area is 160 Å². The first-order valence-corrected chi connectivity index (χ1v) is 9.85.